The summed E-state index contributed by atoms with van der Waals surface area (Å²) in [6.07, 6.45) is -3.92. The number of urea groups is 1. The van der Waals surface area contributed by atoms with Gasteiger partial charge in [-0.3, -0.25) is 4.79 Å². The second-order valence-electron chi connectivity index (χ2n) is 5.45. The normalized spacial score (nSPS) is 15.9. The Bertz CT molecular complexity index is 581. The molecule has 0 unspecified atom stereocenters. The van der Waals surface area contributed by atoms with Crippen LogP contribution in [0.2, 0.25) is 0 Å². The highest BCUT2D eigenvalue weighted by atomic mass is 19.4. The lowest BCUT2D eigenvalue weighted by atomic mass is 9.97. The van der Waals surface area contributed by atoms with Gasteiger partial charge < -0.3 is 20.1 Å². The Hall–Kier alpha value is -2.45. The number of likely N-dealkylation sites (tertiary alicyclic amines) is 1. The van der Waals surface area contributed by atoms with Crippen LogP contribution in [-0.4, -0.2) is 41.5 Å². The number of hydrogen-bond acceptors (Lipinski definition) is 3. The van der Waals surface area contributed by atoms with Gasteiger partial charge in [0.2, 0.25) is 0 Å². The molecule has 1 aromatic rings. The minimum absolute atomic E-state index is 0.157. The second kappa shape index (κ2) is 7.41. The number of carboxylic acids is 1. The molecule has 0 atom stereocenters. The maximum Gasteiger partial charge on any atom is 0.573 e. The number of rotatable bonds is 4. The third-order valence-corrected chi connectivity index (χ3v) is 3.73. The van der Waals surface area contributed by atoms with Crippen LogP contribution < -0.4 is 10.1 Å². The highest BCUT2D eigenvalue weighted by Crippen LogP contribution is 2.22. The number of ether oxygens (including phenoxy) is 1. The number of amides is 2. The van der Waals surface area contributed by atoms with Crippen molar-refractivity contribution in [1.29, 1.82) is 0 Å². The molecule has 0 aliphatic carbocycles. The van der Waals surface area contributed by atoms with Crippen LogP contribution >= 0.6 is 0 Å². The molecule has 132 valence electrons. The number of nitrogens with zero attached hydrogens (tertiary/aromatic N) is 1. The van der Waals surface area contributed by atoms with Crippen molar-refractivity contribution >= 4 is 12.0 Å². The van der Waals surface area contributed by atoms with Gasteiger partial charge in [0.05, 0.1) is 5.92 Å². The van der Waals surface area contributed by atoms with E-state index >= 15 is 0 Å². The lowest BCUT2D eigenvalue weighted by molar-refractivity contribution is -0.274. The number of alkyl halides is 3. The van der Waals surface area contributed by atoms with E-state index in [0.717, 1.165) is 0 Å². The average Bonchev–Trinajstić information content (AvgIpc) is 2.52. The van der Waals surface area contributed by atoms with Gasteiger partial charge in [-0.15, -0.1) is 13.2 Å². The summed E-state index contributed by atoms with van der Waals surface area (Å²) in [5.41, 5.74) is 0.623. The van der Waals surface area contributed by atoms with E-state index in [1.165, 1.54) is 29.2 Å². The van der Waals surface area contributed by atoms with Crippen molar-refractivity contribution in [3.05, 3.63) is 29.8 Å². The van der Waals surface area contributed by atoms with Gasteiger partial charge in [0, 0.05) is 19.6 Å². The molecule has 24 heavy (non-hydrogen) atoms. The monoisotopic (exact) mass is 346 g/mol. The van der Waals surface area contributed by atoms with Crippen LogP contribution in [0.25, 0.3) is 0 Å². The first-order valence-electron chi connectivity index (χ1n) is 7.35. The van der Waals surface area contributed by atoms with E-state index in [4.69, 9.17) is 5.11 Å². The van der Waals surface area contributed by atoms with Gasteiger partial charge in [0.1, 0.15) is 5.75 Å². The Morgan fingerprint density at radius 2 is 1.79 bits per heavy atom. The predicted molar refractivity (Wildman–Crippen MR) is 77.3 cm³/mol. The summed E-state index contributed by atoms with van der Waals surface area (Å²) < 4.78 is 39.9. The molecule has 1 aliphatic rings. The first-order chi connectivity index (χ1) is 11.2. The maximum atomic E-state index is 12.1. The van der Waals surface area contributed by atoms with Crippen molar-refractivity contribution in [1.82, 2.24) is 10.2 Å². The molecule has 9 heteroatoms. The van der Waals surface area contributed by atoms with Crippen molar-refractivity contribution in [3.8, 4) is 5.75 Å². The van der Waals surface area contributed by atoms with Gasteiger partial charge in [-0.1, -0.05) is 12.1 Å². The molecule has 2 amide bonds. The van der Waals surface area contributed by atoms with Crippen LogP contribution in [0, 0.1) is 5.92 Å². The standard InChI is InChI=1S/C15H17F3N2O4/c16-15(17,18)24-12-3-1-10(2-4-12)9-19-14(23)20-7-5-11(6-8-20)13(21)22/h1-4,11H,5-9H2,(H,19,23)(H,21,22). The first kappa shape index (κ1) is 17.9. The molecule has 0 saturated carbocycles. The zero-order valence-electron chi connectivity index (χ0n) is 12.7. The first-order valence-corrected chi connectivity index (χ1v) is 7.35. The van der Waals surface area contributed by atoms with Crippen molar-refractivity contribution in [2.45, 2.75) is 25.7 Å². The van der Waals surface area contributed by atoms with Crippen LogP contribution in [0.4, 0.5) is 18.0 Å². The molecule has 1 aliphatic heterocycles. The molecule has 2 rings (SSSR count). The molecule has 0 spiro atoms. The number of benzene rings is 1. The fraction of sp³-hybridized carbons (Fsp3) is 0.467. The summed E-state index contributed by atoms with van der Waals surface area (Å²) in [5, 5.41) is 11.6. The molecule has 1 heterocycles. The predicted octanol–water partition coefficient (Wildman–Crippen LogP) is 2.59. The largest absolute Gasteiger partial charge is 0.573 e. The third-order valence-electron chi connectivity index (χ3n) is 3.73. The van der Waals surface area contributed by atoms with E-state index in [2.05, 4.69) is 10.1 Å². The Kier molecular flexibility index (Phi) is 5.53. The van der Waals surface area contributed by atoms with E-state index in [1.807, 2.05) is 0 Å². The average molecular weight is 346 g/mol. The zero-order valence-corrected chi connectivity index (χ0v) is 12.7. The summed E-state index contributed by atoms with van der Waals surface area (Å²) >= 11 is 0. The Morgan fingerprint density at radius 1 is 1.21 bits per heavy atom. The molecule has 2 N–H and O–H groups in total. The van der Waals surface area contributed by atoms with Gasteiger partial charge in [-0.2, -0.15) is 0 Å². The molecule has 0 radical (unpaired) electrons. The summed E-state index contributed by atoms with van der Waals surface area (Å²) in [5.74, 6) is -1.60. The number of halogens is 3. The Morgan fingerprint density at radius 3 is 2.29 bits per heavy atom. The SMILES string of the molecule is O=C(O)C1CCN(C(=O)NCc2ccc(OC(F)(F)F)cc2)CC1. The molecule has 1 fully saturated rings. The van der Waals surface area contributed by atoms with Gasteiger partial charge in [0.15, 0.2) is 0 Å². The fourth-order valence-corrected chi connectivity index (χ4v) is 2.43. The van der Waals surface area contributed by atoms with E-state index in [0.29, 0.717) is 31.5 Å². The summed E-state index contributed by atoms with van der Waals surface area (Å²) in [6, 6.07) is 4.88. The second-order valence-corrected chi connectivity index (χ2v) is 5.45. The Balaban J connectivity index is 1.79. The molecular weight excluding hydrogens is 329 g/mol. The van der Waals surface area contributed by atoms with E-state index < -0.39 is 18.2 Å². The molecule has 1 saturated heterocycles. The summed E-state index contributed by atoms with van der Waals surface area (Å²) in [6.45, 7) is 0.881. The van der Waals surface area contributed by atoms with Crippen molar-refractivity contribution < 1.29 is 32.6 Å². The Labute approximate surface area is 136 Å². The van der Waals surface area contributed by atoms with Crippen LogP contribution in [-0.2, 0) is 11.3 Å². The summed E-state index contributed by atoms with van der Waals surface area (Å²) in [4.78, 5) is 24.4. The van der Waals surface area contributed by atoms with Crippen LogP contribution in [0.5, 0.6) is 5.75 Å². The molecule has 0 aromatic heterocycles. The molecular formula is C15H17F3N2O4. The van der Waals surface area contributed by atoms with Crippen LogP contribution in [0.15, 0.2) is 24.3 Å². The molecule has 1 aromatic carbocycles. The number of carboxylic acid groups (broad SMARTS) is 1. The van der Waals surface area contributed by atoms with Crippen LogP contribution in [0.1, 0.15) is 18.4 Å². The minimum Gasteiger partial charge on any atom is -0.481 e. The third kappa shape index (κ3) is 5.32. The fourth-order valence-electron chi connectivity index (χ4n) is 2.43. The maximum absolute atomic E-state index is 12.1. The zero-order chi connectivity index (χ0) is 17.7. The smallest absolute Gasteiger partial charge is 0.481 e. The number of piperidine rings is 1. The number of hydrogen-bond donors (Lipinski definition) is 2. The van der Waals surface area contributed by atoms with E-state index in [-0.39, 0.29) is 18.3 Å². The van der Waals surface area contributed by atoms with E-state index in [9.17, 15) is 22.8 Å². The number of nitrogens with one attached hydrogen (secondary N) is 1. The quantitative estimate of drug-likeness (QED) is 0.878. The topological polar surface area (TPSA) is 78.9 Å². The minimum atomic E-state index is -4.74. The lowest BCUT2D eigenvalue weighted by Gasteiger charge is -2.30. The van der Waals surface area contributed by atoms with Gasteiger partial charge in [-0.25, -0.2) is 4.79 Å². The van der Waals surface area contributed by atoms with Crippen molar-refractivity contribution in [2.75, 3.05) is 13.1 Å². The van der Waals surface area contributed by atoms with Crippen molar-refractivity contribution in [3.63, 3.8) is 0 Å². The highest BCUT2D eigenvalue weighted by molar-refractivity contribution is 5.75. The number of carbonyl (C=O) groups excluding carboxylic acids is 1. The van der Waals surface area contributed by atoms with Gasteiger partial charge >= 0.3 is 18.4 Å². The molecule has 6 nitrogen and oxygen atoms in total. The summed E-state index contributed by atoms with van der Waals surface area (Å²) in [7, 11) is 0. The van der Waals surface area contributed by atoms with Gasteiger partial charge in [-0.05, 0) is 30.5 Å². The number of aliphatic carboxylic acids is 1. The van der Waals surface area contributed by atoms with Gasteiger partial charge in [0.25, 0.3) is 0 Å². The van der Waals surface area contributed by atoms with Crippen LogP contribution in [0.3, 0.4) is 0 Å². The lowest BCUT2D eigenvalue weighted by Crippen LogP contribution is -2.45. The molecule has 0 bridgehead atoms. The van der Waals surface area contributed by atoms with E-state index in [1.54, 1.807) is 0 Å². The number of carbonyl (C=O) groups is 2. The highest BCUT2D eigenvalue weighted by Gasteiger charge is 2.31. The van der Waals surface area contributed by atoms with Crippen molar-refractivity contribution in [2.24, 2.45) is 5.92 Å².